The topological polar surface area (TPSA) is 64.4 Å². The van der Waals surface area contributed by atoms with Gasteiger partial charge in [-0.3, -0.25) is 4.79 Å². The molecule has 0 saturated heterocycles. The van der Waals surface area contributed by atoms with Crippen molar-refractivity contribution in [3.8, 4) is 17.2 Å². The lowest BCUT2D eigenvalue weighted by Gasteiger charge is -2.12. The molecule has 0 spiro atoms. The summed E-state index contributed by atoms with van der Waals surface area (Å²) >= 11 is 6.19. The summed E-state index contributed by atoms with van der Waals surface area (Å²) in [5.74, 6) is -9.97. The SMILES string of the molecule is COc1c(F)c(F)c(C(=O)Nc2ccc(Cl)c(-c3nc4ccccc4o3)c2)c(F)c1F. The maximum atomic E-state index is 14.2. The lowest BCUT2D eigenvalue weighted by Crippen LogP contribution is -2.19. The Labute approximate surface area is 177 Å². The highest BCUT2D eigenvalue weighted by Crippen LogP contribution is 2.33. The minimum atomic E-state index is -1.89. The number of rotatable bonds is 4. The number of para-hydroxylation sites is 2. The minimum absolute atomic E-state index is 0.0297. The lowest BCUT2D eigenvalue weighted by molar-refractivity contribution is 0.101. The van der Waals surface area contributed by atoms with Crippen LogP contribution >= 0.6 is 11.6 Å². The molecule has 5 nitrogen and oxygen atoms in total. The van der Waals surface area contributed by atoms with E-state index in [0.717, 1.165) is 7.11 Å². The molecular weight excluding hydrogens is 440 g/mol. The van der Waals surface area contributed by atoms with E-state index in [1.54, 1.807) is 24.3 Å². The van der Waals surface area contributed by atoms with Gasteiger partial charge in [-0.25, -0.2) is 13.8 Å². The molecule has 1 aromatic heterocycles. The average molecular weight is 451 g/mol. The number of carbonyl (C=O) groups is 1. The Morgan fingerprint density at radius 1 is 1.03 bits per heavy atom. The first kappa shape index (κ1) is 20.7. The summed E-state index contributed by atoms with van der Waals surface area (Å²) in [7, 11) is 0.835. The van der Waals surface area contributed by atoms with Crippen molar-refractivity contribution in [1.82, 2.24) is 4.98 Å². The Kier molecular flexibility index (Phi) is 5.28. The number of nitrogens with zero attached hydrogens (tertiary/aromatic N) is 1. The van der Waals surface area contributed by atoms with Crippen molar-refractivity contribution < 1.29 is 31.5 Å². The van der Waals surface area contributed by atoms with Crippen molar-refractivity contribution in [2.75, 3.05) is 12.4 Å². The van der Waals surface area contributed by atoms with Crippen molar-refractivity contribution in [1.29, 1.82) is 0 Å². The predicted octanol–water partition coefficient (Wildman–Crippen LogP) is 5.97. The summed E-state index contributed by atoms with van der Waals surface area (Å²) < 4.78 is 66.2. The van der Waals surface area contributed by atoms with Gasteiger partial charge < -0.3 is 14.5 Å². The number of methoxy groups -OCH3 is 1. The summed E-state index contributed by atoms with van der Waals surface area (Å²) in [4.78, 5) is 16.7. The number of nitrogens with one attached hydrogen (secondary N) is 1. The molecule has 0 aliphatic carbocycles. The van der Waals surface area contributed by atoms with Crippen LogP contribution < -0.4 is 10.1 Å². The van der Waals surface area contributed by atoms with Gasteiger partial charge in [0.2, 0.25) is 17.5 Å². The van der Waals surface area contributed by atoms with Gasteiger partial charge in [0.15, 0.2) is 23.0 Å². The highest BCUT2D eigenvalue weighted by Gasteiger charge is 2.30. The second kappa shape index (κ2) is 7.92. The summed E-state index contributed by atoms with van der Waals surface area (Å²) in [5, 5.41) is 2.41. The van der Waals surface area contributed by atoms with Gasteiger partial charge in [0.05, 0.1) is 17.7 Å². The van der Waals surface area contributed by atoms with E-state index in [2.05, 4.69) is 15.0 Å². The summed E-state index contributed by atoms with van der Waals surface area (Å²) in [5.41, 5.74) is -0.0624. The Hall–Kier alpha value is -3.59. The maximum Gasteiger partial charge on any atom is 0.261 e. The molecule has 0 aliphatic heterocycles. The average Bonchev–Trinajstić information content (AvgIpc) is 3.18. The number of hydrogen-bond donors (Lipinski definition) is 1. The van der Waals surface area contributed by atoms with E-state index in [1.165, 1.54) is 18.2 Å². The fourth-order valence-corrected chi connectivity index (χ4v) is 3.14. The fourth-order valence-electron chi connectivity index (χ4n) is 2.94. The number of carbonyl (C=O) groups excluding carboxylic acids is 1. The van der Waals surface area contributed by atoms with Gasteiger partial charge in [0.25, 0.3) is 5.91 Å². The van der Waals surface area contributed by atoms with Gasteiger partial charge in [-0.1, -0.05) is 23.7 Å². The standard InChI is InChI=1S/C21H11ClF4N2O3/c1-30-19-17(25)15(23)14(16(24)18(19)26)20(29)27-9-6-7-11(22)10(8-9)21-28-12-4-2-3-5-13(12)31-21/h2-8H,1H3,(H,27,29). The first-order valence-corrected chi connectivity index (χ1v) is 9.06. The number of fused-ring (bicyclic) bond motifs is 1. The quantitative estimate of drug-likeness (QED) is 0.307. The van der Waals surface area contributed by atoms with Crippen molar-refractivity contribution in [2.24, 2.45) is 0 Å². The molecule has 1 heterocycles. The Bertz CT molecular complexity index is 1280. The Morgan fingerprint density at radius 2 is 1.71 bits per heavy atom. The molecule has 4 aromatic rings. The van der Waals surface area contributed by atoms with E-state index in [0.29, 0.717) is 11.1 Å². The number of anilines is 1. The highest BCUT2D eigenvalue weighted by atomic mass is 35.5. The van der Waals surface area contributed by atoms with E-state index in [4.69, 9.17) is 16.0 Å². The first-order chi connectivity index (χ1) is 14.8. The number of hydrogen-bond acceptors (Lipinski definition) is 4. The number of oxazole rings is 1. The molecule has 0 bridgehead atoms. The van der Waals surface area contributed by atoms with Crippen LogP contribution in [-0.2, 0) is 0 Å². The molecule has 0 atom stereocenters. The molecule has 31 heavy (non-hydrogen) atoms. The molecule has 10 heteroatoms. The zero-order chi connectivity index (χ0) is 22.3. The normalized spacial score (nSPS) is 11.0. The van der Waals surface area contributed by atoms with Crippen molar-refractivity contribution in [3.05, 3.63) is 76.3 Å². The zero-order valence-corrected chi connectivity index (χ0v) is 16.4. The number of amides is 1. The summed E-state index contributed by atoms with van der Waals surface area (Å²) in [6.07, 6.45) is 0. The molecule has 0 saturated carbocycles. The molecule has 158 valence electrons. The van der Waals surface area contributed by atoms with Crippen LogP contribution in [-0.4, -0.2) is 18.0 Å². The number of benzene rings is 3. The van der Waals surface area contributed by atoms with Crippen LogP contribution in [0, 0.1) is 23.3 Å². The van der Waals surface area contributed by atoms with Crippen LogP contribution in [0.3, 0.4) is 0 Å². The minimum Gasteiger partial charge on any atom is -0.491 e. The Balaban J connectivity index is 1.71. The molecular formula is C21H11ClF4N2O3. The van der Waals surface area contributed by atoms with E-state index in [1.807, 2.05) is 0 Å². The van der Waals surface area contributed by atoms with Crippen LogP contribution in [0.25, 0.3) is 22.6 Å². The van der Waals surface area contributed by atoms with E-state index < -0.39 is 40.5 Å². The second-order valence-corrected chi connectivity index (χ2v) is 6.71. The van der Waals surface area contributed by atoms with Crippen molar-refractivity contribution in [3.63, 3.8) is 0 Å². The molecule has 1 N–H and O–H groups in total. The van der Waals surface area contributed by atoms with Gasteiger partial charge in [-0.2, -0.15) is 8.78 Å². The van der Waals surface area contributed by atoms with Gasteiger partial charge in [-0.05, 0) is 30.3 Å². The number of ether oxygens (including phenoxy) is 1. The van der Waals surface area contributed by atoms with Gasteiger partial charge in [-0.15, -0.1) is 0 Å². The monoisotopic (exact) mass is 450 g/mol. The van der Waals surface area contributed by atoms with Crippen LogP contribution in [0.2, 0.25) is 5.02 Å². The zero-order valence-electron chi connectivity index (χ0n) is 15.6. The van der Waals surface area contributed by atoms with E-state index in [9.17, 15) is 22.4 Å². The van der Waals surface area contributed by atoms with Gasteiger partial charge in [0.1, 0.15) is 11.1 Å². The molecule has 0 fully saturated rings. The van der Waals surface area contributed by atoms with Crippen LogP contribution in [0.1, 0.15) is 10.4 Å². The fraction of sp³-hybridized carbons (Fsp3) is 0.0476. The Morgan fingerprint density at radius 3 is 2.35 bits per heavy atom. The van der Waals surface area contributed by atoms with Crippen LogP contribution in [0.5, 0.6) is 5.75 Å². The smallest absolute Gasteiger partial charge is 0.261 e. The first-order valence-electron chi connectivity index (χ1n) is 8.68. The predicted molar refractivity (Wildman–Crippen MR) is 105 cm³/mol. The van der Waals surface area contributed by atoms with Crippen LogP contribution in [0.4, 0.5) is 23.2 Å². The van der Waals surface area contributed by atoms with E-state index >= 15 is 0 Å². The third-order valence-electron chi connectivity index (χ3n) is 4.40. The molecule has 0 aliphatic rings. The lowest BCUT2D eigenvalue weighted by atomic mass is 10.1. The van der Waals surface area contributed by atoms with Crippen molar-refractivity contribution >= 4 is 34.3 Å². The summed E-state index contributed by atoms with van der Waals surface area (Å²) in [6, 6.07) is 11.0. The molecule has 0 unspecified atom stereocenters. The van der Waals surface area contributed by atoms with Gasteiger partial charge >= 0.3 is 0 Å². The molecule has 1 amide bonds. The third-order valence-corrected chi connectivity index (χ3v) is 4.73. The van der Waals surface area contributed by atoms with Gasteiger partial charge in [0, 0.05) is 5.69 Å². The van der Waals surface area contributed by atoms with Crippen LogP contribution in [0.15, 0.2) is 46.9 Å². The maximum absolute atomic E-state index is 14.2. The number of halogens is 5. The van der Waals surface area contributed by atoms with E-state index in [-0.39, 0.29) is 22.2 Å². The van der Waals surface area contributed by atoms with Crippen molar-refractivity contribution in [2.45, 2.75) is 0 Å². The summed E-state index contributed by atoms with van der Waals surface area (Å²) in [6.45, 7) is 0. The highest BCUT2D eigenvalue weighted by molar-refractivity contribution is 6.33. The molecule has 4 rings (SSSR count). The third kappa shape index (κ3) is 3.57. The molecule has 3 aromatic carbocycles. The second-order valence-electron chi connectivity index (χ2n) is 6.30. The molecule has 0 radical (unpaired) electrons. The number of aromatic nitrogens is 1. The largest absolute Gasteiger partial charge is 0.491 e.